The zero-order valence-electron chi connectivity index (χ0n) is 18.0. The largest absolute Gasteiger partial charge is 0.322 e. The highest BCUT2D eigenvalue weighted by Crippen LogP contribution is 2.32. The second-order valence-corrected chi connectivity index (χ2v) is 8.49. The van der Waals surface area contributed by atoms with Crippen molar-refractivity contribution in [1.29, 1.82) is 0 Å². The molecule has 3 aromatic rings. The van der Waals surface area contributed by atoms with E-state index in [1.54, 1.807) is 12.3 Å². The number of aryl methyl sites for hydroxylation is 3. The lowest BCUT2D eigenvalue weighted by atomic mass is 9.91. The maximum atomic E-state index is 13.2. The van der Waals surface area contributed by atoms with Crippen molar-refractivity contribution in [1.82, 2.24) is 15.1 Å². The number of hydrogen-bond donors (Lipinski definition) is 2. The fourth-order valence-electron chi connectivity index (χ4n) is 4.13. The first-order valence-electron chi connectivity index (χ1n) is 10.4. The van der Waals surface area contributed by atoms with Crippen LogP contribution in [0, 0.1) is 20.8 Å². The van der Waals surface area contributed by atoms with Gasteiger partial charge in [-0.3, -0.25) is 4.79 Å². The highest BCUT2D eigenvalue weighted by atomic mass is 35.5. The van der Waals surface area contributed by atoms with E-state index in [2.05, 4.69) is 47.8 Å². The molecule has 2 aromatic carbocycles. The van der Waals surface area contributed by atoms with Crippen molar-refractivity contribution in [3.05, 3.63) is 75.6 Å². The average molecular weight is 459 g/mol. The van der Waals surface area contributed by atoms with Gasteiger partial charge in [-0.05, 0) is 76.0 Å². The summed E-state index contributed by atoms with van der Waals surface area (Å²) in [5.41, 5.74) is 6.65. The molecule has 4 rings (SSSR count). The van der Waals surface area contributed by atoms with Crippen LogP contribution in [-0.4, -0.2) is 28.8 Å². The van der Waals surface area contributed by atoms with Crippen LogP contribution in [0.2, 0.25) is 5.02 Å². The summed E-state index contributed by atoms with van der Waals surface area (Å²) in [6.07, 6.45) is 3.66. The molecule has 0 saturated carbocycles. The van der Waals surface area contributed by atoms with Gasteiger partial charge < -0.3 is 10.6 Å². The number of aromatic nitrogens is 2. The first-order valence-corrected chi connectivity index (χ1v) is 10.8. The molecule has 164 valence electrons. The van der Waals surface area contributed by atoms with Crippen LogP contribution in [0.1, 0.15) is 51.5 Å². The Hall–Kier alpha value is -2.34. The lowest BCUT2D eigenvalue weighted by Gasteiger charge is -2.25. The van der Waals surface area contributed by atoms with Crippen LogP contribution in [0.25, 0.3) is 5.69 Å². The van der Waals surface area contributed by atoms with Crippen molar-refractivity contribution in [3.8, 4) is 5.69 Å². The number of hydrogen-bond acceptors (Lipinski definition) is 3. The maximum Gasteiger partial charge on any atom is 0.259 e. The summed E-state index contributed by atoms with van der Waals surface area (Å²) in [4.78, 5) is 13.2. The molecule has 1 fully saturated rings. The van der Waals surface area contributed by atoms with E-state index in [9.17, 15) is 4.79 Å². The van der Waals surface area contributed by atoms with Gasteiger partial charge in [-0.2, -0.15) is 5.10 Å². The number of nitrogens with one attached hydrogen (secondary N) is 2. The van der Waals surface area contributed by atoms with Gasteiger partial charge >= 0.3 is 0 Å². The van der Waals surface area contributed by atoms with E-state index in [-0.39, 0.29) is 24.2 Å². The van der Waals surface area contributed by atoms with E-state index in [1.807, 2.05) is 23.7 Å². The molecule has 0 aliphatic carbocycles. The Morgan fingerprint density at radius 1 is 1.10 bits per heavy atom. The molecule has 1 aliphatic heterocycles. The molecule has 1 aromatic heterocycles. The average Bonchev–Trinajstić information content (AvgIpc) is 3.16. The number of nitrogens with zero attached hydrogens (tertiary/aromatic N) is 2. The van der Waals surface area contributed by atoms with Gasteiger partial charge in [0.25, 0.3) is 5.91 Å². The molecule has 0 spiro atoms. The van der Waals surface area contributed by atoms with Crippen molar-refractivity contribution >= 4 is 35.6 Å². The smallest absolute Gasteiger partial charge is 0.259 e. The second kappa shape index (κ2) is 9.86. The quantitative estimate of drug-likeness (QED) is 0.535. The summed E-state index contributed by atoms with van der Waals surface area (Å²) < 4.78 is 1.96. The highest BCUT2D eigenvalue weighted by Gasteiger charge is 2.27. The number of benzene rings is 2. The van der Waals surface area contributed by atoms with E-state index < -0.39 is 0 Å². The molecule has 0 radical (unpaired) electrons. The lowest BCUT2D eigenvalue weighted by Crippen LogP contribution is -2.29. The molecule has 2 heterocycles. The van der Waals surface area contributed by atoms with Crippen LogP contribution in [-0.2, 0) is 0 Å². The number of carbonyl (C=O) groups excluding carboxylic acids is 1. The molecule has 1 amide bonds. The lowest BCUT2D eigenvalue weighted by molar-refractivity contribution is 0.102. The molecular weight excluding hydrogens is 431 g/mol. The zero-order chi connectivity index (χ0) is 21.3. The molecule has 2 N–H and O–H groups in total. The van der Waals surface area contributed by atoms with Crippen molar-refractivity contribution in [2.24, 2.45) is 0 Å². The molecule has 7 heteroatoms. The fraction of sp³-hybridized carbons (Fsp3) is 0.333. The first-order chi connectivity index (χ1) is 14.4. The van der Waals surface area contributed by atoms with E-state index in [4.69, 9.17) is 11.6 Å². The van der Waals surface area contributed by atoms with Gasteiger partial charge in [0.2, 0.25) is 0 Å². The van der Waals surface area contributed by atoms with Crippen LogP contribution in [0.15, 0.2) is 42.6 Å². The molecule has 31 heavy (non-hydrogen) atoms. The van der Waals surface area contributed by atoms with Gasteiger partial charge in [0.05, 0.1) is 23.1 Å². The Kier molecular flexibility index (Phi) is 7.42. The van der Waals surface area contributed by atoms with E-state index in [0.717, 1.165) is 48.4 Å². The molecule has 0 unspecified atom stereocenters. The van der Waals surface area contributed by atoms with Crippen molar-refractivity contribution in [2.75, 3.05) is 18.4 Å². The number of piperidine rings is 1. The molecule has 1 saturated heterocycles. The SMILES string of the molecule is Cc1ccc(-n2ncc(C(=O)Nc3ccc(C)c(Cl)c3)c2C2CCNCC2)c(C)c1.Cl. The Morgan fingerprint density at radius 2 is 1.84 bits per heavy atom. The van der Waals surface area contributed by atoms with E-state index in [1.165, 1.54) is 5.56 Å². The number of carbonyl (C=O) groups is 1. The Balaban J connectivity index is 0.00000272. The normalized spacial score (nSPS) is 14.2. The van der Waals surface area contributed by atoms with Crippen LogP contribution in [0.5, 0.6) is 0 Å². The third kappa shape index (κ3) is 4.95. The minimum absolute atomic E-state index is 0. The molecular formula is C24H28Cl2N4O. The Morgan fingerprint density at radius 3 is 2.52 bits per heavy atom. The minimum atomic E-state index is -0.153. The maximum absolute atomic E-state index is 13.2. The van der Waals surface area contributed by atoms with Crippen molar-refractivity contribution in [2.45, 2.75) is 39.5 Å². The third-order valence-corrected chi connectivity index (χ3v) is 6.19. The van der Waals surface area contributed by atoms with Gasteiger partial charge in [0, 0.05) is 16.6 Å². The molecule has 1 aliphatic rings. The van der Waals surface area contributed by atoms with Gasteiger partial charge in [0.15, 0.2) is 0 Å². The summed E-state index contributed by atoms with van der Waals surface area (Å²) in [6, 6.07) is 11.9. The summed E-state index contributed by atoms with van der Waals surface area (Å²) >= 11 is 6.24. The predicted molar refractivity (Wildman–Crippen MR) is 129 cm³/mol. The number of rotatable bonds is 4. The van der Waals surface area contributed by atoms with Crippen LogP contribution in [0.4, 0.5) is 5.69 Å². The zero-order valence-corrected chi connectivity index (χ0v) is 19.6. The fourth-order valence-corrected chi connectivity index (χ4v) is 4.31. The summed E-state index contributed by atoms with van der Waals surface area (Å²) in [6.45, 7) is 8.00. The van der Waals surface area contributed by atoms with Gasteiger partial charge in [-0.25, -0.2) is 4.68 Å². The number of halogens is 2. The monoisotopic (exact) mass is 458 g/mol. The number of amides is 1. The van der Waals surface area contributed by atoms with E-state index in [0.29, 0.717) is 16.3 Å². The summed E-state index contributed by atoms with van der Waals surface area (Å²) in [5.74, 6) is 0.122. The topological polar surface area (TPSA) is 59.0 Å². The number of anilines is 1. The van der Waals surface area contributed by atoms with Crippen LogP contribution in [0.3, 0.4) is 0 Å². The first kappa shape index (κ1) is 23.3. The minimum Gasteiger partial charge on any atom is -0.322 e. The summed E-state index contributed by atoms with van der Waals surface area (Å²) in [7, 11) is 0. The third-order valence-electron chi connectivity index (χ3n) is 5.79. The molecule has 0 atom stereocenters. The van der Waals surface area contributed by atoms with Gasteiger partial charge in [0.1, 0.15) is 0 Å². The van der Waals surface area contributed by atoms with Crippen LogP contribution >= 0.6 is 24.0 Å². The predicted octanol–water partition coefficient (Wildman–Crippen LogP) is 5.59. The highest BCUT2D eigenvalue weighted by molar-refractivity contribution is 6.31. The van der Waals surface area contributed by atoms with Crippen molar-refractivity contribution < 1.29 is 4.79 Å². The molecule has 0 bridgehead atoms. The van der Waals surface area contributed by atoms with Gasteiger partial charge in [-0.1, -0.05) is 35.4 Å². The van der Waals surface area contributed by atoms with Crippen molar-refractivity contribution in [3.63, 3.8) is 0 Å². The standard InChI is InChI=1S/C24H27ClN4O.ClH/c1-15-4-7-22(17(3)12-15)29-23(18-8-10-26-11-9-18)20(14-27-29)24(30)28-19-6-5-16(2)21(25)13-19;/h4-7,12-14,18,26H,8-11H2,1-3H3,(H,28,30);1H. The Bertz CT molecular complexity index is 1090. The summed E-state index contributed by atoms with van der Waals surface area (Å²) in [5, 5.41) is 11.7. The second-order valence-electron chi connectivity index (χ2n) is 8.09. The Labute approximate surface area is 194 Å². The van der Waals surface area contributed by atoms with E-state index >= 15 is 0 Å². The van der Waals surface area contributed by atoms with Gasteiger partial charge in [-0.15, -0.1) is 12.4 Å². The molecule has 5 nitrogen and oxygen atoms in total. The van der Waals surface area contributed by atoms with Crippen LogP contribution < -0.4 is 10.6 Å².